The van der Waals surface area contributed by atoms with Gasteiger partial charge in [-0.2, -0.15) is 0 Å². The second kappa shape index (κ2) is 5.47. The van der Waals surface area contributed by atoms with Gasteiger partial charge in [-0.05, 0) is 38.1 Å². The van der Waals surface area contributed by atoms with Gasteiger partial charge in [-0.25, -0.2) is 0 Å². The van der Waals surface area contributed by atoms with E-state index in [1.54, 1.807) is 0 Å². The van der Waals surface area contributed by atoms with Crippen molar-refractivity contribution in [2.45, 2.75) is 20.3 Å². The van der Waals surface area contributed by atoms with Crippen LogP contribution >= 0.6 is 0 Å². The average Bonchev–Trinajstić information content (AvgIpc) is 2.19. The van der Waals surface area contributed by atoms with Crippen LogP contribution in [0.2, 0.25) is 0 Å². The fourth-order valence-corrected chi connectivity index (χ4v) is 1.23. The number of nitrogens with one attached hydrogen (secondary N) is 1. The van der Waals surface area contributed by atoms with E-state index in [1.807, 2.05) is 7.05 Å². The largest absolute Gasteiger partial charge is 0.319 e. The summed E-state index contributed by atoms with van der Waals surface area (Å²) in [6.45, 7) is 5.20. The molecule has 0 unspecified atom stereocenters. The van der Waals surface area contributed by atoms with Crippen molar-refractivity contribution in [3.05, 3.63) is 34.9 Å². The van der Waals surface area contributed by atoms with Gasteiger partial charge in [0.15, 0.2) is 0 Å². The van der Waals surface area contributed by atoms with Crippen molar-refractivity contribution in [2.24, 2.45) is 0 Å². The SMILES string of the molecule is CNCCC#Cc1cccc(C)c1C. The molecule has 1 heteroatoms. The summed E-state index contributed by atoms with van der Waals surface area (Å²) in [5.74, 6) is 6.36. The van der Waals surface area contributed by atoms with Crippen LogP contribution in [0.5, 0.6) is 0 Å². The molecule has 0 saturated carbocycles. The zero-order chi connectivity index (χ0) is 10.4. The Bertz CT molecular complexity index is 355. The molecule has 0 fully saturated rings. The molecule has 0 bridgehead atoms. The first-order valence-electron chi connectivity index (χ1n) is 4.95. The van der Waals surface area contributed by atoms with Crippen molar-refractivity contribution >= 4 is 0 Å². The van der Waals surface area contributed by atoms with E-state index in [4.69, 9.17) is 0 Å². The Morgan fingerprint density at radius 1 is 1.29 bits per heavy atom. The summed E-state index contributed by atoms with van der Waals surface area (Å²) >= 11 is 0. The summed E-state index contributed by atoms with van der Waals surface area (Å²) in [5, 5.41) is 3.08. The highest BCUT2D eigenvalue weighted by Crippen LogP contribution is 2.10. The molecule has 0 spiro atoms. The van der Waals surface area contributed by atoms with E-state index in [2.05, 4.69) is 49.2 Å². The first kappa shape index (κ1) is 10.8. The lowest BCUT2D eigenvalue weighted by molar-refractivity contribution is 0.818. The molecule has 0 aliphatic carbocycles. The van der Waals surface area contributed by atoms with Crippen molar-refractivity contribution in [1.29, 1.82) is 0 Å². The summed E-state index contributed by atoms with van der Waals surface area (Å²) in [4.78, 5) is 0. The Labute approximate surface area is 86.5 Å². The lowest BCUT2D eigenvalue weighted by Gasteiger charge is -2.01. The average molecular weight is 187 g/mol. The zero-order valence-electron chi connectivity index (χ0n) is 9.15. The van der Waals surface area contributed by atoms with Crippen molar-refractivity contribution in [2.75, 3.05) is 13.6 Å². The normalized spacial score (nSPS) is 9.36. The molecular weight excluding hydrogens is 170 g/mol. The third-order valence-corrected chi connectivity index (χ3v) is 2.33. The molecule has 0 atom stereocenters. The van der Waals surface area contributed by atoms with Crippen molar-refractivity contribution in [3.63, 3.8) is 0 Å². The highest BCUT2D eigenvalue weighted by Gasteiger charge is 1.95. The first-order valence-corrected chi connectivity index (χ1v) is 4.95. The number of aryl methyl sites for hydroxylation is 1. The fraction of sp³-hybridized carbons (Fsp3) is 0.385. The van der Waals surface area contributed by atoms with Gasteiger partial charge >= 0.3 is 0 Å². The Morgan fingerprint density at radius 3 is 2.79 bits per heavy atom. The van der Waals surface area contributed by atoms with Gasteiger partial charge in [-0.3, -0.25) is 0 Å². The number of hydrogen-bond acceptors (Lipinski definition) is 1. The molecule has 1 aromatic rings. The van der Waals surface area contributed by atoms with E-state index in [-0.39, 0.29) is 0 Å². The smallest absolute Gasteiger partial charge is 0.0277 e. The monoisotopic (exact) mass is 187 g/mol. The molecule has 1 rings (SSSR count). The van der Waals surface area contributed by atoms with Crippen molar-refractivity contribution < 1.29 is 0 Å². The van der Waals surface area contributed by atoms with Gasteiger partial charge in [0, 0.05) is 18.5 Å². The molecular formula is C13H17N. The third-order valence-electron chi connectivity index (χ3n) is 2.33. The maximum absolute atomic E-state index is 3.20. The molecule has 74 valence electrons. The number of hydrogen-bond donors (Lipinski definition) is 1. The van der Waals surface area contributed by atoms with Crippen LogP contribution in [0.3, 0.4) is 0 Å². The highest BCUT2D eigenvalue weighted by atomic mass is 14.8. The topological polar surface area (TPSA) is 12.0 Å². The standard InChI is InChI=1S/C13H17N/c1-11-7-6-9-13(12(11)2)8-4-5-10-14-3/h6-7,9,14H,5,10H2,1-3H3. The van der Waals surface area contributed by atoms with E-state index in [0.29, 0.717) is 0 Å². The van der Waals surface area contributed by atoms with Gasteiger partial charge in [-0.1, -0.05) is 24.0 Å². The van der Waals surface area contributed by atoms with Gasteiger partial charge < -0.3 is 5.32 Å². The third kappa shape index (κ3) is 2.90. The van der Waals surface area contributed by atoms with Crippen LogP contribution in [-0.2, 0) is 0 Å². The van der Waals surface area contributed by atoms with E-state index < -0.39 is 0 Å². The van der Waals surface area contributed by atoms with Crippen LogP contribution < -0.4 is 5.32 Å². The predicted octanol–water partition coefficient (Wildman–Crippen LogP) is 2.26. The lowest BCUT2D eigenvalue weighted by Crippen LogP contribution is -2.05. The van der Waals surface area contributed by atoms with Gasteiger partial charge in [0.25, 0.3) is 0 Å². The van der Waals surface area contributed by atoms with Crippen LogP contribution in [0, 0.1) is 25.7 Å². The molecule has 0 heterocycles. The van der Waals surface area contributed by atoms with Gasteiger partial charge in [-0.15, -0.1) is 0 Å². The first-order chi connectivity index (χ1) is 6.75. The summed E-state index contributed by atoms with van der Waals surface area (Å²) in [5.41, 5.74) is 3.76. The Hall–Kier alpha value is -1.26. The molecule has 1 nitrogen and oxygen atoms in total. The summed E-state index contributed by atoms with van der Waals surface area (Å²) in [6, 6.07) is 6.26. The summed E-state index contributed by atoms with van der Waals surface area (Å²) in [6.07, 6.45) is 0.907. The van der Waals surface area contributed by atoms with Crippen LogP contribution in [0.4, 0.5) is 0 Å². The van der Waals surface area contributed by atoms with Crippen LogP contribution in [0.1, 0.15) is 23.1 Å². The molecule has 14 heavy (non-hydrogen) atoms. The molecule has 0 radical (unpaired) electrons. The number of benzene rings is 1. The second-order valence-electron chi connectivity index (χ2n) is 3.40. The van der Waals surface area contributed by atoms with Gasteiger partial charge in [0.2, 0.25) is 0 Å². The van der Waals surface area contributed by atoms with Crippen LogP contribution in [-0.4, -0.2) is 13.6 Å². The van der Waals surface area contributed by atoms with E-state index >= 15 is 0 Å². The fourth-order valence-electron chi connectivity index (χ4n) is 1.23. The minimum atomic E-state index is 0.907. The molecule has 0 aliphatic heterocycles. The van der Waals surface area contributed by atoms with Crippen molar-refractivity contribution in [1.82, 2.24) is 5.32 Å². The Balaban J connectivity index is 2.74. The summed E-state index contributed by atoms with van der Waals surface area (Å²) < 4.78 is 0. The lowest BCUT2D eigenvalue weighted by atomic mass is 10.0. The molecule has 1 N–H and O–H groups in total. The Morgan fingerprint density at radius 2 is 2.07 bits per heavy atom. The minimum Gasteiger partial charge on any atom is -0.319 e. The summed E-state index contributed by atoms with van der Waals surface area (Å²) in [7, 11) is 1.94. The van der Waals surface area contributed by atoms with E-state index in [1.165, 1.54) is 11.1 Å². The van der Waals surface area contributed by atoms with E-state index in [9.17, 15) is 0 Å². The van der Waals surface area contributed by atoms with Crippen LogP contribution in [0.15, 0.2) is 18.2 Å². The predicted molar refractivity (Wildman–Crippen MR) is 61.3 cm³/mol. The van der Waals surface area contributed by atoms with Gasteiger partial charge in [0.05, 0.1) is 0 Å². The van der Waals surface area contributed by atoms with Crippen molar-refractivity contribution in [3.8, 4) is 11.8 Å². The molecule has 0 amide bonds. The van der Waals surface area contributed by atoms with E-state index in [0.717, 1.165) is 18.5 Å². The zero-order valence-corrected chi connectivity index (χ0v) is 9.15. The van der Waals surface area contributed by atoms with Gasteiger partial charge in [0.1, 0.15) is 0 Å². The quantitative estimate of drug-likeness (QED) is 0.553. The maximum Gasteiger partial charge on any atom is 0.0277 e. The highest BCUT2D eigenvalue weighted by molar-refractivity contribution is 5.44. The maximum atomic E-state index is 3.20. The molecule has 1 aromatic carbocycles. The minimum absolute atomic E-state index is 0.907. The number of rotatable bonds is 2. The molecule has 0 aliphatic rings. The molecule has 0 aromatic heterocycles. The second-order valence-corrected chi connectivity index (χ2v) is 3.40. The molecule has 0 saturated heterocycles. The Kier molecular flexibility index (Phi) is 4.22. The van der Waals surface area contributed by atoms with Crippen LogP contribution in [0.25, 0.3) is 0 Å².